The van der Waals surface area contributed by atoms with Gasteiger partial charge in [0.2, 0.25) is 0 Å². The SMILES string of the molecule is Cc1ccc(-c2nc(N)ccc2-c2ccc(OCc3ccc4ccccc4n3)cc2)cc1. The molecule has 2 heterocycles. The summed E-state index contributed by atoms with van der Waals surface area (Å²) < 4.78 is 5.98. The first-order valence-corrected chi connectivity index (χ1v) is 10.6. The Balaban J connectivity index is 1.37. The predicted molar refractivity (Wildman–Crippen MR) is 130 cm³/mol. The molecule has 3 aromatic carbocycles. The third kappa shape index (κ3) is 4.16. The van der Waals surface area contributed by atoms with E-state index in [1.807, 2.05) is 60.7 Å². The van der Waals surface area contributed by atoms with Gasteiger partial charge in [-0.1, -0.05) is 66.2 Å². The third-order valence-corrected chi connectivity index (χ3v) is 5.45. The minimum absolute atomic E-state index is 0.419. The van der Waals surface area contributed by atoms with Crippen molar-refractivity contribution in [2.24, 2.45) is 0 Å². The number of pyridine rings is 2. The van der Waals surface area contributed by atoms with Gasteiger partial charge >= 0.3 is 0 Å². The number of hydrogen-bond donors (Lipinski definition) is 1. The smallest absolute Gasteiger partial charge is 0.130 e. The number of ether oxygens (including phenoxy) is 1. The highest BCUT2D eigenvalue weighted by molar-refractivity contribution is 5.82. The van der Waals surface area contributed by atoms with Gasteiger partial charge in [-0.2, -0.15) is 0 Å². The van der Waals surface area contributed by atoms with E-state index in [1.54, 1.807) is 0 Å². The summed E-state index contributed by atoms with van der Waals surface area (Å²) in [6, 6.07) is 32.4. The highest BCUT2D eigenvalue weighted by atomic mass is 16.5. The molecule has 2 N–H and O–H groups in total. The molecule has 0 aliphatic carbocycles. The maximum absolute atomic E-state index is 5.99. The number of nitrogen functional groups attached to an aromatic ring is 1. The number of fused-ring (bicyclic) bond motifs is 1. The molecule has 0 unspecified atom stereocenters. The van der Waals surface area contributed by atoms with E-state index in [4.69, 9.17) is 10.5 Å². The number of rotatable bonds is 5. The fourth-order valence-electron chi connectivity index (χ4n) is 3.72. The lowest BCUT2D eigenvalue weighted by Crippen LogP contribution is -1.98. The number of aryl methyl sites for hydroxylation is 1. The number of aromatic nitrogens is 2. The van der Waals surface area contributed by atoms with Gasteiger partial charge in [-0.05, 0) is 48.9 Å². The Morgan fingerprint density at radius 2 is 1.47 bits per heavy atom. The Hall–Kier alpha value is -4.18. The Kier molecular flexibility index (Phi) is 5.26. The van der Waals surface area contributed by atoms with Crippen molar-refractivity contribution < 1.29 is 4.74 Å². The molecule has 5 aromatic rings. The normalized spacial score (nSPS) is 10.9. The minimum Gasteiger partial charge on any atom is -0.487 e. The van der Waals surface area contributed by atoms with Gasteiger partial charge in [0.25, 0.3) is 0 Å². The van der Waals surface area contributed by atoms with Gasteiger partial charge in [0.15, 0.2) is 0 Å². The highest BCUT2D eigenvalue weighted by Gasteiger charge is 2.10. The van der Waals surface area contributed by atoms with E-state index < -0.39 is 0 Å². The van der Waals surface area contributed by atoms with Crippen LogP contribution < -0.4 is 10.5 Å². The number of benzene rings is 3. The lowest BCUT2D eigenvalue weighted by atomic mass is 9.98. The molecule has 2 aromatic heterocycles. The summed E-state index contributed by atoms with van der Waals surface area (Å²) in [5.74, 6) is 1.30. The van der Waals surface area contributed by atoms with Crippen LogP contribution in [0.3, 0.4) is 0 Å². The summed E-state index contributed by atoms with van der Waals surface area (Å²) in [7, 11) is 0. The summed E-state index contributed by atoms with van der Waals surface area (Å²) in [4.78, 5) is 9.28. The molecule has 0 saturated heterocycles. The van der Waals surface area contributed by atoms with Crippen LogP contribution in [0, 0.1) is 6.92 Å². The zero-order valence-electron chi connectivity index (χ0n) is 17.8. The number of para-hydroxylation sites is 1. The van der Waals surface area contributed by atoms with Crippen molar-refractivity contribution in [3.05, 3.63) is 108 Å². The van der Waals surface area contributed by atoms with Crippen molar-refractivity contribution >= 4 is 16.7 Å². The van der Waals surface area contributed by atoms with Crippen LogP contribution in [0.5, 0.6) is 5.75 Å². The van der Waals surface area contributed by atoms with Gasteiger partial charge in [-0.15, -0.1) is 0 Å². The van der Waals surface area contributed by atoms with Gasteiger partial charge in [-0.3, -0.25) is 0 Å². The summed E-state index contributed by atoms with van der Waals surface area (Å²) in [6.07, 6.45) is 0. The highest BCUT2D eigenvalue weighted by Crippen LogP contribution is 2.32. The average Bonchev–Trinajstić information content (AvgIpc) is 2.83. The van der Waals surface area contributed by atoms with E-state index in [0.29, 0.717) is 12.4 Å². The van der Waals surface area contributed by atoms with Crippen molar-refractivity contribution in [3.8, 4) is 28.1 Å². The fraction of sp³-hybridized carbons (Fsp3) is 0.0714. The molecule has 0 atom stereocenters. The molecular weight excluding hydrogens is 394 g/mol. The molecule has 32 heavy (non-hydrogen) atoms. The van der Waals surface area contributed by atoms with Crippen LogP contribution >= 0.6 is 0 Å². The lowest BCUT2D eigenvalue weighted by molar-refractivity contribution is 0.302. The topological polar surface area (TPSA) is 61.0 Å². The van der Waals surface area contributed by atoms with Crippen LogP contribution in [0.4, 0.5) is 5.82 Å². The zero-order valence-corrected chi connectivity index (χ0v) is 17.8. The van der Waals surface area contributed by atoms with Crippen LogP contribution in [0.15, 0.2) is 97.1 Å². The Bertz CT molecular complexity index is 1380. The largest absolute Gasteiger partial charge is 0.487 e. The molecule has 0 aliphatic heterocycles. The first kappa shape index (κ1) is 19.8. The first-order chi connectivity index (χ1) is 15.7. The molecule has 0 spiro atoms. The monoisotopic (exact) mass is 417 g/mol. The molecule has 4 nitrogen and oxygen atoms in total. The summed E-state index contributed by atoms with van der Waals surface area (Å²) in [5, 5.41) is 1.13. The number of anilines is 1. The van der Waals surface area contributed by atoms with E-state index in [2.05, 4.69) is 53.3 Å². The standard InChI is InChI=1S/C28H23N3O/c1-19-6-8-22(9-7-19)28-25(16-17-27(29)31-28)20-11-14-24(15-12-20)32-18-23-13-10-21-4-2-3-5-26(21)30-23/h2-17H,18H2,1H3,(H2,29,31). The van der Waals surface area contributed by atoms with E-state index in [0.717, 1.165) is 44.7 Å². The molecular formula is C28H23N3O. The van der Waals surface area contributed by atoms with Crippen LogP contribution in [-0.4, -0.2) is 9.97 Å². The van der Waals surface area contributed by atoms with Crippen LogP contribution in [0.1, 0.15) is 11.3 Å². The maximum Gasteiger partial charge on any atom is 0.130 e. The van der Waals surface area contributed by atoms with Crippen molar-refractivity contribution in [2.45, 2.75) is 13.5 Å². The summed E-state index contributed by atoms with van der Waals surface area (Å²) >= 11 is 0. The molecule has 0 fully saturated rings. The second kappa shape index (κ2) is 8.52. The predicted octanol–water partition coefficient (Wildman–Crippen LogP) is 6.43. The molecule has 156 valence electrons. The molecule has 0 saturated carbocycles. The number of nitrogens with zero attached hydrogens (tertiary/aromatic N) is 2. The van der Waals surface area contributed by atoms with Gasteiger partial charge in [-0.25, -0.2) is 9.97 Å². The minimum atomic E-state index is 0.419. The second-order valence-electron chi connectivity index (χ2n) is 7.81. The van der Waals surface area contributed by atoms with Crippen molar-refractivity contribution in [1.82, 2.24) is 9.97 Å². The maximum atomic E-state index is 5.99. The summed E-state index contributed by atoms with van der Waals surface area (Å²) in [5.41, 5.74) is 13.1. The quantitative estimate of drug-likeness (QED) is 0.358. The van der Waals surface area contributed by atoms with Gasteiger partial charge in [0, 0.05) is 16.5 Å². The van der Waals surface area contributed by atoms with E-state index in [9.17, 15) is 0 Å². The van der Waals surface area contributed by atoms with Gasteiger partial charge in [0.1, 0.15) is 18.2 Å². The first-order valence-electron chi connectivity index (χ1n) is 10.6. The van der Waals surface area contributed by atoms with Crippen LogP contribution in [0.25, 0.3) is 33.3 Å². The Morgan fingerprint density at radius 3 is 2.28 bits per heavy atom. The van der Waals surface area contributed by atoms with Crippen molar-refractivity contribution in [1.29, 1.82) is 0 Å². The van der Waals surface area contributed by atoms with Crippen LogP contribution in [-0.2, 0) is 6.61 Å². The fourth-order valence-corrected chi connectivity index (χ4v) is 3.72. The summed E-state index contributed by atoms with van der Waals surface area (Å²) in [6.45, 7) is 2.49. The number of hydrogen-bond acceptors (Lipinski definition) is 4. The van der Waals surface area contributed by atoms with E-state index >= 15 is 0 Å². The molecule has 0 radical (unpaired) electrons. The second-order valence-corrected chi connectivity index (χ2v) is 7.81. The number of nitrogens with two attached hydrogens (primary N) is 1. The van der Waals surface area contributed by atoms with Crippen molar-refractivity contribution in [3.63, 3.8) is 0 Å². The molecule has 4 heteroatoms. The third-order valence-electron chi connectivity index (χ3n) is 5.45. The Labute approximate surface area is 187 Å². The van der Waals surface area contributed by atoms with Crippen molar-refractivity contribution in [2.75, 3.05) is 5.73 Å². The molecule has 0 amide bonds. The van der Waals surface area contributed by atoms with E-state index in [1.165, 1.54) is 5.56 Å². The molecule has 0 bridgehead atoms. The zero-order chi connectivity index (χ0) is 21.9. The molecule has 0 aliphatic rings. The average molecular weight is 418 g/mol. The van der Waals surface area contributed by atoms with Gasteiger partial charge in [0.05, 0.1) is 16.9 Å². The van der Waals surface area contributed by atoms with E-state index in [-0.39, 0.29) is 0 Å². The molecule has 5 rings (SSSR count). The van der Waals surface area contributed by atoms with Crippen LogP contribution in [0.2, 0.25) is 0 Å². The Morgan fingerprint density at radius 1 is 0.719 bits per heavy atom. The lowest BCUT2D eigenvalue weighted by Gasteiger charge is -2.12. The van der Waals surface area contributed by atoms with Gasteiger partial charge < -0.3 is 10.5 Å².